The van der Waals surface area contributed by atoms with Crippen LogP contribution in [0.3, 0.4) is 0 Å². The van der Waals surface area contributed by atoms with E-state index in [2.05, 4.69) is 15.6 Å². The SMILES string of the molecule is Cc1ccc(Cl)cc1NC(=O)c1coc(NC(=O)c2cccs2)n1. The minimum absolute atomic E-state index is 0.0404. The summed E-state index contributed by atoms with van der Waals surface area (Å²) < 4.78 is 5.12. The van der Waals surface area contributed by atoms with Gasteiger partial charge >= 0.3 is 6.01 Å². The molecule has 0 aliphatic heterocycles. The van der Waals surface area contributed by atoms with Gasteiger partial charge in [-0.3, -0.25) is 14.9 Å². The number of hydrogen-bond donors (Lipinski definition) is 2. The number of anilines is 2. The summed E-state index contributed by atoms with van der Waals surface area (Å²) in [7, 11) is 0. The van der Waals surface area contributed by atoms with Gasteiger partial charge in [0.25, 0.3) is 11.8 Å². The molecule has 0 radical (unpaired) electrons. The molecule has 0 saturated carbocycles. The van der Waals surface area contributed by atoms with E-state index in [1.54, 1.807) is 35.7 Å². The summed E-state index contributed by atoms with van der Waals surface area (Å²) in [6.07, 6.45) is 1.18. The summed E-state index contributed by atoms with van der Waals surface area (Å²) >= 11 is 7.22. The number of nitrogens with zero attached hydrogens (tertiary/aromatic N) is 1. The Labute approximate surface area is 146 Å². The van der Waals surface area contributed by atoms with Crippen LogP contribution in [0.5, 0.6) is 0 Å². The van der Waals surface area contributed by atoms with E-state index in [-0.39, 0.29) is 17.6 Å². The van der Waals surface area contributed by atoms with Gasteiger partial charge in [-0.2, -0.15) is 4.98 Å². The molecule has 1 aromatic carbocycles. The van der Waals surface area contributed by atoms with Crippen LogP contribution in [-0.2, 0) is 0 Å². The molecule has 122 valence electrons. The number of halogens is 1. The maximum atomic E-state index is 12.2. The molecule has 0 atom stereocenters. The van der Waals surface area contributed by atoms with Crippen molar-refractivity contribution in [2.45, 2.75) is 6.92 Å². The Bertz CT molecular complexity index is 890. The number of aromatic nitrogens is 1. The van der Waals surface area contributed by atoms with Gasteiger partial charge in [0, 0.05) is 10.7 Å². The third-order valence-corrected chi connectivity index (χ3v) is 4.25. The Hall–Kier alpha value is -2.64. The van der Waals surface area contributed by atoms with Crippen LogP contribution in [0.4, 0.5) is 11.7 Å². The zero-order valence-corrected chi connectivity index (χ0v) is 14.1. The molecule has 0 aliphatic carbocycles. The van der Waals surface area contributed by atoms with Crippen molar-refractivity contribution in [3.05, 3.63) is 63.1 Å². The highest BCUT2D eigenvalue weighted by atomic mass is 35.5. The summed E-state index contributed by atoms with van der Waals surface area (Å²) in [5.74, 6) is -0.801. The molecule has 0 spiro atoms. The van der Waals surface area contributed by atoms with Gasteiger partial charge in [0.1, 0.15) is 6.26 Å². The Morgan fingerprint density at radius 1 is 1.21 bits per heavy atom. The van der Waals surface area contributed by atoms with E-state index in [4.69, 9.17) is 16.0 Å². The first-order chi connectivity index (χ1) is 11.5. The van der Waals surface area contributed by atoms with Gasteiger partial charge in [-0.05, 0) is 36.1 Å². The van der Waals surface area contributed by atoms with Crippen molar-refractivity contribution >= 4 is 46.5 Å². The Kier molecular flexibility index (Phi) is 4.64. The number of hydrogen-bond acceptors (Lipinski definition) is 5. The molecule has 8 heteroatoms. The maximum absolute atomic E-state index is 12.2. The zero-order chi connectivity index (χ0) is 17.1. The van der Waals surface area contributed by atoms with Crippen molar-refractivity contribution in [2.24, 2.45) is 0 Å². The standard InChI is InChI=1S/C16H12ClN3O3S/c1-9-4-5-10(17)7-11(9)18-14(21)12-8-23-16(19-12)20-15(22)13-3-2-6-24-13/h2-8H,1H3,(H,18,21)(H,19,20,22). The van der Waals surface area contributed by atoms with E-state index < -0.39 is 5.91 Å². The van der Waals surface area contributed by atoms with E-state index in [0.717, 1.165) is 5.56 Å². The molecule has 3 aromatic rings. The lowest BCUT2D eigenvalue weighted by molar-refractivity contribution is 0.101. The lowest BCUT2D eigenvalue weighted by Gasteiger charge is -2.06. The first-order valence-electron chi connectivity index (χ1n) is 6.91. The minimum atomic E-state index is -0.458. The van der Waals surface area contributed by atoms with Crippen molar-refractivity contribution in [3.63, 3.8) is 0 Å². The number of benzene rings is 1. The molecule has 6 nitrogen and oxygen atoms in total. The number of carbonyl (C=O) groups is 2. The summed E-state index contributed by atoms with van der Waals surface area (Å²) in [4.78, 5) is 28.6. The van der Waals surface area contributed by atoms with Crippen LogP contribution in [0.25, 0.3) is 0 Å². The smallest absolute Gasteiger partial charge is 0.302 e. The van der Waals surface area contributed by atoms with E-state index in [9.17, 15) is 9.59 Å². The second-order valence-corrected chi connectivity index (χ2v) is 6.27. The van der Waals surface area contributed by atoms with Gasteiger partial charge in [0.2, 0.25) is 0 Å². The number of thiophene rings is 1. The van der Waals surface area contributed by atoms with E-state index in [0.29, 0.717) is 15.6 Å². The normalized spacial score (nSPS) is 10.4. The van der Waals surface area contributed by atoms with Crippen LogP contribution in [0.1, 0.15) is 25.7 Å². The molecule has 0 fully saturated rings. The molecule has 0 aliphatic rings. The van der Waals surface area contributed by atoms with Crippen LogP contribution < -0.4 is 10.6 Å². The Morgan fingerprint density at radius 3 is 2.79 bits per heavy atom. The monoisotopic (exact) mass is 361 g/mol. The number of nitrogens with one attached hydrogen (secondary N) is 2. The number of carbonyl (C=O) groups excluding carboxylic acids is 2. The van der Waals surface area contributed by atoms with Crippen molar-refractivity contribution in [3.8, 4) is 0 Å². The molecular formula is C16H12ClN3O3S. The largest absolute Gasteiger partial charge is 0.431 e. The number of amides is 2. The summed E-state index contributed by atoms with van der Waals surface area (Å²) in [5.41, 5.74) is 1.50. The maximum Gasteiger partial charge on any atom is 0.302 e. The van der Waals surface area contributed by atoms with Gasteiger partial charge in [-0.1, -0.05) is 23.7 Å². The molecule has 0 bridgehead atoms. The Balaban J connectivity index is 1.69. The molecule has 2 amide bonds. The van der Waals surface area contributed by atoms with E-state index in [1.165, 1.54) is 17.6 Å². The Morgan fingerprint density at radius 2 is 2.04 bits per heavy atom. The van der Waals surface area contributed by atoms with Crippen molar-refractivity contribution in [1.29, 1.82) is 0 Å². The fourth-order valence-electron chi connectivity index (χ4n) is 1.92. The predicted octanol–water partition coefficient (Wildman–Crippen LogP) is 4.20. The average Bonchev–Trinajstić information content (AvgIpc) is 3.22. The quantitative estimate of drug-likeness (QED) is 0.729. The van der Waals surface area contributed by atoms with Gasteiger partial charge in [0.15, 0.2) is 5.69 Å². The molecule has 24 heavy (non-hydrogen) atoms. The summed E-state index contributed by atoms with van der Waals surface area (Å²) in [5, 5.41) is 7.50. The molecule has 0 unspecified atom stereocenters. The lowest BCUT2D eigenvalue weighted by atomic mass is 10.2. The first kappa shape index (κ1) is 16.2. The molecule has 0 saturated heterocycles. The van der Waals surface area contributed by atoms with Crippen LogP contribution in [-0.4, -0.2) is 16.8 Å². The minimum Gasteiger partial charge on any atom is -0.431 e. The fourth-order valence-corrected chi connectivity index (χ4v) is 2.71. The topological polar surface area (TPSA) is 84.2 Å². The zero-order valence-electron chi connectivity index (χ0n) is 12.5. The van der Waals surface area contributed by atoms with Gasteiger partial charge in [0.05, 0.1) is 4.88 Å². The second kappa shape index (κ2) is 6.86. The predicted molar refractivity (Wildman–Crippen MR) is 92.9 cm³/mol. The number of rotatable bonds is 4. The fraction of sp³-hybridized carbons (Fsp3) is 0.0625. The van der Waals surface area contributed by atoms with E-state index in [1.807, 2.05) is 6.92 Å². The second-order valence-electron chi connectivity index (χ2n) is 4.88. The van der Waals surface area contributed by atoms with Crippen LogP contribution >= 0.6 is 22.9 Å². The molecule has 2 heterocycles. The van der Waals surface area contributed by atoms with Crippen LogP contribution in [0.15, 0.2) is 46.4 Å². The van der Waals surface area contributed by atoms with Gasteiger partial charge < -0.3 is 9.73 Å². The summed E-state index contributed by atoms with van der Waals surface area (Å²) in [6, 6.07) is 8.59. The molecular weight excluding hydrogens is 350 g/mol. The lowest BCUT2D eigenvalue weighted by Crippen LogP contribution is -2.14. The molecule has 3 rings (SSSR count). The van der Waals surface area contributed by atoms with Crippen molar-refractivity contribution in [2.75, 3.05) is 10.6 Å². The van der Waals surface area contributed by atoms with Gasteiger partial charge in [-0.25, -0.2) is 0 Å². The average molecular weight is 362 g/mol. The highest BCUT2D eigenvalue weighted by molar-refractivity contribution is 7.12. The van der Waals surface area contributed by atoms with Crippen LogP contribution in [0.2, 0.25) is 5.02 Å². The highest BCUT2D eigenvalue weighted by Gasteiger charge is 2.16. The number of aryl methyl sites for hydroxylation is 1. The molecule has 2 aromatic heterocycles. The van der Waals surface area contributed by atoms with Gasteiger partial charge in [-0.15, -0.1) is 11.3 Å². The summed E-state index contributed by atoms with van der Waals surface area (Å²) in [6.45, 7) is 1.85. The molecule has 2 N–H and O–H groups in total. The van der Waals surface area contributed by atoms with Crippen LogP contribution in [0, 0.1) is 6.92 Å². The van der Waals surface area contributed by atoms with Crippen molar-refractivity contribution in [1.82, 2.24) is 4.98 Å². The first-order valence-corrected chi connectivity index (χ1v) is 8.16. The van der Waals surface area contributed by atoms with Crippen molar-refractivity contribution < 1.29 is 14.0 Å². The third-order valence-electron chi connectivity index (χ3n) is 3.15. The van der Waals surface area contributed by atoms with E-state index >= 15 is 0 Å². The number of oxazole rings is 1. The highest BCUT2D eigenvalue weighted by Crippen LogP contribution is 2.21. The third kappa shape index (κ3) is 3.64.